The van der Waals surface area contributed by atoms with Gasteiger partial charge in [0, 0.05) is 18.5 Å². The number of aliphatic hydroxyl groups is 1. The number of hydrogen-bond acceptors (Lipinski definition) is 2. The van der Waals surface area contributed by atoms with Crippen molar-refractivity contribution in [3.05, 3.63) is 47.8 Å². The molecule has 0 saturated carbocycles. The van der Waals surface area contributed by atoms with Crippen molar-refractivity contribution < 1.29 is 14.3 Å². The molecule has 2 aromatic carbocycles. The molecule has 24 heavy (non-hydrogen) atoms. The Bertz CT molecular complexity index is 734. The van der Waals surface area contributed by atoms with E-state index < -0.39 is 0 Å². The molecule has 0 aliphatic carbocycles. The fraction of sp³-hybridized carbons (Fsp3) is 0.421. The number of carbonyl (C=O) groups is 1. The van der Waals surface area contributed by atoms with Crippen molar-refractivity contribution in [3.63, 3.8) is 0 Å². The van der Waals surface area contributed by atoms with Crippen molar-refractivity contribution in [3.8, 4) is 0 Å². The first kappa shape index (κ1) is 16.7. The molecule has 2 N–H and O–H groups in total. The van der Waals surface area contributed by atoms with Crippen molar-refractivity contribution in [2.24, 2.45) is 0 Å². The largest absolute Gasteiger partial charge is 0.393 e. The zero-order chi connectivity index (χ0) is 17.1. The van der Waals surface area contributed by atoms with Gasteiger partial charge in [-0.15, -0.1) is 0 Å². The molecule has 3 rings (SSSR count). The van der Waals surface area contributed by atoms with Crippen LogP contribution in [0.25, 0.3) is 10.8 Å². The number of benzene rings is 2. The Morgan fingerprint density at radius 3 is 2.75 bits per heavy atom. The molecular weight excluding hydrogens is 307 g/mol. The van der Waals surface area contributed by atoms with Crippen LogP contribution in [0.3, 0.4) is 0 Å². The van der Waals surface area contributed by atoms with Crippen LogP contribution in [-0.2, 0) is 0 Å². The maximum Gasteiger partial charge on any atom is 0.317 e. The van der Waals surface area contributed by atoms with E-state index in [2.05, 4.69) is 5.32 Å². The number of likely N-dealkylation sites (tertiary alicyclic amines) is 1. The zero-order valence-corrected chi connectivity index (χ0v) is 13.8. The second-order valence-electron chi connectivity index (χ2n) is 6.43. The van der Waals surface area contributed by atoms with Gasteiger partial charge in [0.2, 0.25) is 0 Å². The van der Waals surface area contributed by atoms with Crippen LogP contribution in [0, 0.1) is 5.82 Å². The van der Waals surface area contributed by atoms with Crippen molar-refractivity contribution in [2.45, 2.75) is 38.3 Å². The molecule has 128 valence electrons. The van der Waals surface area contributed by atoms with Crippen LogP contribution in [0.5, 0.6) is 0 Å². The number of nitrogens with one attached hydrogen (secondary N) is 1. The Kier molecular flexibility index (Phi) is 5.00. The van der Waals surface area contributed by atoms with Gasteiger partial charge in [-0.25, -0.2) is 9.18 Å². The Hall–Kier alpha value is -2.14. The van der Waals surface area contributed by atoms with E-state index in [9.17, 15) is 14.3 Å². The number of halogens is 1. The second kappa shape index (κ2) is 7.18. The lowest BCUT2D eigenvalue weighted by atomic mass is 9.99. The van der Waals surface area contributed by atoms with Crippen LogP contribution in [0.4, 0.5) is 9.18 Å². The molecule has 0 aromatic heterocycles. The lowest BCUT2D eigenvalue weighted by molar-refractivity contribution is 0.155. The van der Waals surface area contributed by atoms with E-state index in [4.69, 9.17) is 0 Å². The van der Waals surface area contributed by atoms with Crippen LogP contribution < -0.4 is 5.32 Å². The average Bonchev–Trinajstić information content (AvgIpc) is 2.80. The van der Waals surface area contributed by atoms with E-state index >= 15 is 0 Å². The quantitative estimate of drug-likeness (QED) is 0.884. The summed E-state index contributed by atoms with van der Waals surface area (Å²) in [5, 5.41) is 14.1. The minimum Gasteiger partial charge on any atom is -0.393 e. The van der Waals surface area contributed by atoms with E-state index in [1.807, 2.05) is 19.1 Å². The highest BCUT2D eigenvalue weighted by molar-refractivity contribution is 5.87. The molecular formula is C19H23FN2O2. The molecule has 2 amide bonds. The zero-order valence-electron chi connectivity index (χ0n) is 13.8. The molecule has 1 saturated heterocycles. The predicted octanol–water partition coefficient (Wildman–Crippen LogP) is 3.60. The molecule has 1 aliphatic rings. The summed E-state index contributed by atoms with van der Waals surface area (Å²) in [6, 6.07) is 10.1. The first-order valence-corrected chi connectivity index (χ1v) is 8.47. The maximum absolute atomic E-state index is 13.9. The van der Waals surface area contributed by atoms with E-state index in [0.717, 1.165) is 23.8 Å². The Morgan fingerprint density at radius 2 is 1.96 bits per heavy atom. The molecule has 2 aromatic rings. The fourth-order valence-corrected chi connectivity index (χ4v) is 3.30. The summed E-state index contributed by atoms with van der Waals surface area (Å²) in [5.74, 6) is -0.255. The standard InChI is InChI=1S/C19H23FN2O2/c1-13(21-19(24)22-11-4-5-14(23)10-12-22)15-8-9-18(20)17-7-3-2-6-16(15)17/h2-3,6-9,13-14,23H,4-5,10-12H2,1H3,(H,21,24). The Morgan fingerprint density at radius 1 is 1.21 bits per heavy atom. The molecule has 5 heteroatoms. The molecule has 0 spiro atoms. The van der Waals surface area contributed by atoms with Crippen LogP contribution in [-0.4, -0.2) is 35.2 Å². The SMILES string of the molecule is CC(NC(=O)N1CCCC(O)CC1)c1ccc(F)c2ccccc12. The summed E-state index contributed by atoms with van der Waals surface area (Å²) in [6.45, 7) is 3.12. The third-order valence-electron chi connectivity index (χ3n) is 4.70. The number of amides is 2. The first-order chi connectivity index (χ1) is 11.6. The molecule has 2 atom stereocenters. The average molecular weight is 330 g/mol. The van der Waals surface area contributed by atoms with Gasteiger partial charge < -0.3 is 15.3 Å². The number of fused-ring (bicyclic) bond motifs is 1. The number of nitrogens with zero attached hydrogens (tertiary/aromatic N) is 1. The maximum atomic E-state index is 13.9. The number of rotatable bonds is 2. The van der Waals surface area contributed by atoms with Crippen LogP contribution in [0.1, 0.15) is 37.8 Å². The van der Waals surface area contributed by atoms with E-state index in [0.29, 0.717) is 24.9 Å². The van der Waals surface area contributed by atoms with E-state index in [-0.39, 0.29) is 24.0 Å². The lowest BCUT2D eigenvalue weighted by Crippen LogP contribution is -2.41. The third kappa shape index (κ3) is 3.51. The van der Waals surface area contributed by atoms with Crippen LogP contribution >= 0.6 is 0 Å². The van der Waals surface area contributed by atoms with Crippen LogP contribution in [0.2, 0.25) is 0 Å². The summed E-state index contributed by atoms with van der Waals surface area (Å²) < 4.78 is 13.9. The summed E-state index contributed by atoms with van der Waals surface area (Å²) in [5.41, 5.74) is 0.898. The molecule has 1 heterocycles. The summed E-state index contributed by atoms with van der Waals surface area (Å²) >= 11 is 0. The van der Waals surface area contributed by atoms with Gasteiger partial charge in [0.15, 0.2) is 0 Å². The molecule has 0 radical (unpaired) electrons. The second-order valence-corrected chi connectivity index (χ2v) is 6.43. The van der Waals surface area contributed by atoms with Crippen molar-refractivity contribution >= 4 is 16.8 Å². The van der Waals surface area contributed by atoms with Gasteiger partial charge in [-0.1, -0.05) is 30.3 Å². The van der Waals surface area contributed by atoms with Crippen molar-refractivity contribution in [1.29, 1.82) is 0 Å². The van der Waals surface area contributed by atoms with Crippen molar-refractivity contribution in [2.75, 3.05) is 13.1 Å². The lowest BCUT2D eigenvalue weighted by Gasteiger charge is -2.24. The summed E-state index contributed by atoms with van der Waals surface area (Å²) in [6.07, 6.45) is 1.84. The van der Waals surface area contributed by atoms with Gasteiger partial charge in [0.1, 0.15) is 5.82 Å². The van der Waals surface area contributed by atoms with Gasteiger partial charge >= 0.3 is 6.03 Å². The highest BCUT2D eigenvalue weighted by Crippen LogP contribution is 2.26. The van der Waals surface area contributed by atoms with Gasteiger partial charge in [-0.3, -0.25) is 0 Å². The number of hydrogen-bond donors (Lipinski definition) is 2. The Balaban J connectivity index is 1.76. The Labute approximate surface area is 141 Å². The van der Waals surface area contributed by atoms with Gasteiger partial charge in [0.25, 0.3) is 0 Å². The molecule has 1 aliphatic heterocycles. The van der Waals surface area contributed by atoms with Crippen LogP contribution in [0.15, 0.2) is 36.4 Å². The van der Waals surface area contributed by atoms with E-state index in [1.54, 1.807) is 23.1 Å². The monoisotopic (exact) mass is 330 g/mol. The molecule has 1 fully saturated rings. The van der Waals surface area contributed by atoms with Crippen molar-refractivity contribution in [1.82, 2.24) is 10.2 Å². The van der Waals surface area contributed by atoms with Gasteiger partial charge in [0.05, 0.1) is 12.1 Å². The van der Waals surface area contributed by atoms with Gasteiger partial charge in [-0.2, -0.15) is 0 Å². The fourth-order valence-electron chi connectivity index (χ4n) is 3.30. The topological polar surface area (TPSA) is 52.6 Å². The van der Waals surface area contributed by atoms with E-state index in [1.165, 1.54) is 6.07 Å². The normalized spacial score (nSPS) is 19.8. The number of urea groups is 1. The summed E-state index contributed by atoms with van der Waals surface area (Å²) in [7, 11) is 0. The minimum absolute atomic E-state index is 0.134. The highest BCUT2D eigenvalue weighted by Gasteiger charge is 2.21. The molecule has 0 bridgehead atoms. The number of aliphatic hydroxyl groups excluding tert-OH is 1. The smallest absolute Gasteiger partial charge is 0.317 e. The third-order valence-corrected chi connectivity index (χ3v) is 4.70. The first-order valence-electron chi connectivity index (χ1n) is 8.47. The molecule has 2 unspecified atom stereocenters. The minimum atomic E-state index is -0.318. The summed E-state index contributed by atoms with van der Waals surface area (Å²) in [4.78, 5) is 14.3. The number of carbonyl (C=O) groups excluding carboxylic acids is 1. The highest BCUT2D eigenvalue weighted by atomic mass is 19.1. The molecule has 4 nitrogen and oxygen atoms in total. The predicted molar refractivity (Wildman–Crippen MR) is 92.3 cm³/mol. The van der Waals surface area contributed by atoms with Gasteiger partial charge in [-0.05, 0) is 43.2 Å².